The number of rotatable bonds is 7. The van der Waals surface area contributed by atoms with Crippen LogP contribution in [-0.4, -0.2) is 36.9 Å². The van der Waals surface area contributed by atoms with Crippen LogP contribution in [0, 0.1) is 5.41 Å². The van der Waals surface area contributed by atoms with E-state index in [1.54, 1.807) is 24.3 Å². The van der Waals surface area contributed by atoms with Gasteiger partial charge in [0, 0.05) is 6.08 Å². The van der Waals surface area contributed by atoms with Crippen LogP contribution in [0.4, 0.5) is 0 Å². The molecule has 0 aliphatic heterocycles. The predicted octanol–water partition coefficient (Wildman–Crippen LogP) is 3.64. The number of phenols is 1. The summed E-state index contributed by atoms with van der Waals surface area (Å²) in [5.41, 5.74) is 0.174. The molecule has 0 spiro atoms. The maximum Gasteiger partial charge on any atom is 0.331 e. The number of hydrogen-bond donors (Lipinski definition) is 1. The van der Waals surface area contributed by atoms with E-state index in [-0.39, 0.29) is 24.4 Å². The van der Waals surface area contributed by atoms with Gasteiger partial charge < -0.3 is 19.3 Å². The van der Waals surface area contributed by atoms with Gasteiger partial charge in [-0.25, -0.2) is 4.79 Å². The fourth-order valence-electron chi connectivity index (χ4n) is 3.02. The molecule has 1 fully saturated rings. The Bertz CT molecular complexity index is 713. The molecule has 146 valence electrons. The lowest BCUT2D eigenvalue weighted by molar-refractivity contribution is -0.158. The maximum absolute atomic E-state index is 12.1. The molecule has 27 heavy (non-hydrogen) atoms. The quantitative estimate of drug-likeness (QED) is 0.446. The second-order valence-corrected chi connectivity index (χ2v) is 6.85. The highest BCUT2D eigenvalue weighted by atomic mass is 16.5. The third-order valence-corrected chi connectivity index (χ3v) is 4.76. The molecule has 0 bridgehead atoms. The molecule has 1 saturated carbocycles. The van der Waals surface area contributed by atoms with E-state index >= 15 is 0 Å². The van der Waals surface area contributed by atoms with E-state index in [4.69, 9.17) is 14.2 Å². The van der Waals surface area contributed by atoms with Crippen molar-refractivity contribution in [3.8, 4) is 11.5 Å². The van der Waals surface area contributed by atoms with Gasteiger partial charge in [-0.3, -0.25) is 4.79 Å². The number of carbonyl (C=O) groups excluding carboxylic acids is 2. The van der Waals surface area contributed by atoms with Gasteiger partial charge in [0.1, 0.15) is 12.7 Å². The van der Waals surface area contributed by atoms with Crippen LogP contribution in [0.1, 0.15) is 38.2 Å². The van der Waals surface area contributed by atoms with Crippen LogP contribution in [0.15, 0.2) is 36.9 Å². The Labute approximate surface area is 159 Å². The van der Waals surface area contributed by atoms with E-state index in [0.717, 1.165) is 0 Å². The molecule has 6 heteroatoms. The fourth-order valence-corrected chi connectivity index (χ4v) is 3.02. The van der Waals surface area contributed by atoms with E-state index in [0.29, 0.717) is 37.0 Å². The first-order valence-electron chi connectivity index (χ1n) is 8.92. The zero-order chi connectivity index (χ0) is 19.9. The minimum atomic E-state index is -0.537. The molecule has 0 amide bonds. The Hall–Kier alpha value is -2.76. The van der Waals surface area contributed by atoms with Crippen molar-refractivity contribution in [2.24, 2.45) is 5.41 Å². The van der Waals surface area contributed by atoms with Crippen molar-refractivity contribution < 1.29 is 28.9 Å². The van der Waals surface area contributed by atoms with Crippen molar-refractivity contribution in [2.45, 2.75) is 38.7 Å². The first-order valence-corrected chi connectivity index (χ1v) is 8.92. The number of ether oxygens (including phenoxy) is 3. The molecular weight excluding hydrogens is 348 g/mol. The summed E-state index contributed by atoms with van der Waals surface area (Å²) in [6.45, 7) is 5.63. The van der Waals surface area contributed by atoms with Crippen molar-refractivity contribution in [2.75, 3.05) is 13.7 Å². The summed E-state index contributed by atoms with van der Waals surface area (Å²) in [5, 5.41) is 9.58. The standard InChI is InChI=1S/C21H26O6/c1-4-13-26-20(24)21(2)11-9-16(10-12-21)27-19(23)8-6-15-5-7-17(22)18(14-15)25-3/h4-8,14,16,22H,1,9-13H2,2-3H3/b8-6+/t16-,21-. The molecule has 1 aromatic carbocycles. The average molecular weight is 374 g/mol. The van der Waals surface area contributed by atoms with Gasteiger partial charge in [-0.2, -0.15) is 0 Å². The molecule has 1 aliphatic carbocycles. The number of carbonyl (C=O) groups is 2. The number of aromatic hydroxyl groups is 1. The molecule has 1 N–H and O–H groups in total. The second kappa shape index (κ2) is 9.26. The summed E-state index contributed by atoms with van der Waals surface area (Å²) < 4.78 is 15.7. The SMILES string of the molecule is C=CCOC(=O)[C@]1(C)CC[C@@H](OC(=O)/C=C/c2ccc(O)c(OC)c2)CC1. The zero-order valence-electron chi connectivity index (χ0n) is 15.8. The minimum Gasteiger partial charge on any atom is -0.504 e. The third-order valence-electron chi connectivity index (χ3n) is 4.76. The molecule has 1 aliphatic rings. The highest BCUT2D eigenvalue weighted by Crippen LogP contribution is 2.38. The molecule has 0 saturated heterocycles. The van der Waals surface area contributed by atoms with Crippen molar-refractivity contribution in [3.05, 3.63) is 42.5 Å². The van der Waals surface area contributed by atoms with E-state index < -0.39 is 11.4 Å². The first-order chi connectivity index (χ1) is 12.9. The fraction of sp³-hybridized carbons (Fsp3) is 0.429. The van der Waals surface area contributed by atoms with Crippen LogP contribution >= 0.6 is 0 Å². The van der Waals surface area contributed by atoms with Crippen LogP contribution in [0.3, 0.4) is 0 Å². The molecule has 2 rings (SSSR count). The second-order valence-electron chi connectivity index (χ2n) is 6.85. The van der Waals surface area contributed by atoms with Gasteiger partial charge in [-0.05, 0) is 56.4 Å². The van der Waals surface area contributed by atoms with E-state index in [9.17, 15) is 14.7 Å². The molecule has 0 heterocycles. The Balaban J connectivity index is 1.85. The normalized spacial score (nSPS) is 22.2. The van der Waals surface area contributed by atoms with Gasteiger partial charge in [0.05, 0.1) is 12.5 Å². The summed E-state index contributed by atoms with van der Waals surface area (Å²) in [7, 11) is 1.46. The maximum atomic E-state index is 12.1. The number of phenolic OH excluding ortho intramolecular Hbond substituents is 1. The molecule has 6 nitrogen and oxygen atoms in total. The van der Waals surface area contributed by atoms with Gasteiger partial charge in [-0.15, -0.1) is 0 Å². The van der Waals surface area contributed by atoms with Crippen LogP contribution in [-0.2, 0) is 19.1 Å². The number of benzene rings is 1. The predicted molar refractivity (Wildman–Crippen MR) is 101 cm³/mol. The van der Waals surface area contributed by atoms with E-state index in [2.05, 4.69) is 6.58 Å². The summed E-state index contributed by atoms with van der Waals surface area (Å²) in [5.74, 6) is -0.298. The lowest BCUT2D eigenvalue weighted by Gasteiger charge is -2.34. The van der Waals surface area contributed by atoms with Crippen molar-refractivity contribution >= 4 is 18.0 Å². The Morgan fingerprint density at radius 2 is 2.04 bits per heavy atom. The van der Waals surface area contributed by atoms with Gasteiger partial charge in [0.25, 0.3) is 0 Å². The molecule has 0 aromatic heterocycles. The Morgan fingerprint density at radius 3 is 2.67 bits per heavy atom. The first kappa shape index (κ1) is 20.6. The van der Waals surface area contributed by atoms with Gasteiger partial charge in [-0.1, -0.05) is 18.7 Å². The topological polar surface area (TPSA) is 82.1 Å². The van der Waals surface area contributed by atoms with E-state index in [1.165, 1.54) is 19.3 Å². The Kier molecular flexibility index (Phi) is 7.05. The smallest absolute Gasteiger partial charge is 0.331 e. The number of methoxy groups -OCH3 is 1. The molecule has 0 atom stereocenters. The molecular formula is C21H26O6. The minimum absolute atomic E-state index is 0.0362. The lowest BCUT2D eigenvalue weighted by Crippen LogP contribution is -2.37. The van der Waals surface area contributed by atoms with Crippen molar-refractivity contribution in [3.63, 3.8) is 0 Å². The van der Waals surface area contributed by atoms with E-state index in [1.807, 2.05) is 6.92 Å². The van der Waals surface area contributed by atoms with Crippen molar-refractivity contribution in [1.29, 1.82) is 0 Å². The monoisotopic (exact) mass is 374 g/mol. The Morgan fingerprint density at radius 1 is 1.33 bits per heavy atom. The third kappa shape index (κ3) is 5.61. The van der Waals surface area contributed by atoms with Crippen LogP contribution in [0.5, 0.6) is 11.5 Å². The lowest BCUT2D eigenvalue weighted by atomic mass is 9.74. The summed E-state index contributed by atoms with van der Waals surface area (Å²) >= 11 is 0. The molecule has 0 unspecified atom stereocenters. The number of esters is 2. The van der Waals surface area contributed by atoms with Gasteiger partial charge in [0.2, 0.25) is 0 Å². The van der Waals surface area contributed by atoms with Gasteiger partial charge >= 0.3 is 11.9 Å². The highest BCUT2D eigenvalue weighted by Gasteiger charge is 2.39. The van der Waals surface area contributed by atoms with Crippen LogP contribution in [0.25, 0.3) is 6.08 Å². The number of hydrogen-bond acceptors (Lipinski definition) is 6. The van der Waals surface area contributed by atoms with Crippen LogP contribution in [0.2, 0.25) is 0 Å². The largest absolute Gasteiger partial charge is 0.504 e. The summed E-state index contributed by atoms with van der Waals surface area (Å²) in [4.78, 5) is 24.2. The van der Waals surface area contributed by atoms with Crippen LogP contribution < -0.4 is 4.74 Å². The van der Waals surface area contributed by atoms with Crippen molar-refractivity contribution in [1.82, 2.24) is 0 Å². The molecule has 0 radical (unpaired) electrons. The zero-order valence-corrected chi connectivity index (χ0v) is 15.8. The highest BCUT2D eigenvalue weighted by molar-refractivity contribution is 5.87. The molecule has 1 aromatic rings. The average Bonchev–Trinajstić information content (AvgIpc) is 2.67. The van der Waals surface area contributed by atoms with Gasteiger partial charge in [0.15, 0.2) is 11.5 Å². The summed E-state index contributed by atoms with van der Waals surface area (Å²) in [6, 6.07) is 4.79. The summed E-state index contributed by atoms with van der Waals surface area (Å²) in [6.07, 6.45) is 6.74.